The SMILES string of the molecule is CO[C@H]1O[C@H](COS(=O)(=O)O)[C@@H](O[C@@H]2O[C@@H](C(=O)O)[C@@H](O[C@H]3O[C@H](COS(=O)(=O)O)[C@@H](O[C@@H]4O[C@H](C(=O)O)[C@@H](O[C@H]5O[C@H](COS(=O)(=O)O)[C@@H](OCc6ccccc6)[C@H](OCc6ccccc6)[C@H]5N=[N+]=[N-])[C@H](OCc5ccccc5)[C@H]4OCc4ccccc4)[C@H](OS(=O)(=O)O)[C@H]3N=[N+]=[N-])[C@H](OCc3ccccc3)[C@H]2OS(=O)(=O)O)[C@H](OCc2ccccc2)[C@H]1NC(=O)OCc1ccccc1. The number of hydrogen-bond acceptors (Lipinski definition) is 37. The number of carbonyl (C=O) groups is 3. The lowest BCUT2D eigenvalue weighted by atomic mass is 9.93. The van der Waals surface area contributed by atoms with Gasteiger partial charge in [-0.05, 0) is 50.0 Å². The second kappa shape index (κ2) is 48.4. The fourth-order valence-electron chi connectivity index (χ4n) is 15.1. The molecular formula is C81H91N7O42S5. The number of azide groups is 2. The summed E-state index contributed by atoms with van der Waals surface area (Å²) >= 11 is 0. The number of hydrogen-bond donors (Lipinski definition) is 8. The number of amides is 1. The first-order valence-electron chi connectivity index (χ1n) is 40.5. The molecule has 5 aliphatic heterocycles. The van der Waals surface area contributed by atoms with Gasteiger partial charge in [0.2, 0.25) is 0 Å². The van der Waals surface area contributed by atoms with E-state index in [0.29, 0.717) is 33.4 Å². The van der Waals surface area contributed by atoms with Gasteiger partial charge in [0.15, 0.2) is 49.8 Å². The normalized spacial score (nSPS) is 29.1. The molecule has 54 heteroatoms. The average Bonchev–Trinajstić information content (AvgIpc) is 0.755. The number of rotatable bonds is 47. The van der Waals surface area contributed by atoms with Crippen LogP contribution in [0.1, 0.15) is 38.9 Å². The maximum Gasteiger partial charge on any atom is 0.407 e. The Hall–Kier alpha value is -9.92. The first kappa shape index (κ1) is 104. The third kappa shape index (κ3) is 30.8. The smallest absolute Gasteiger partial charge is 0.407 e. The van der Waals surface area contributed by atoms with E-state index >= 15 is 0 Å². The maximum atomic E-state index is 14.5. The number of aliphatic carboxylic acids is 2. The summed E-state index contributed by atoms with van der Waals surface area (Å²) in [6, 6.07) is 49.1. The van der Waals surface area contributed by atoms with Crippen molar-refractivity contribution in [3.05, 3.63) is 272 Å². The summed E-state index contributed by atoms with van der Waals surface area (Å²) in [6.07, 6.45) is -53.3. The highest BCUT2D eigenvalue weighted by Crippen LogP contribution is 2.43. The molecule has 5 aliphatic rings. The summed E-state index contributed by atoms with van der Waals surface area (Å²) < 4.78 is 316. The number of ether oxygens (including phenoxy) is 17. The first-order chi connectivity index (χ1) is 64.5. The first-order valence-corrected chi connectivity index (χ1v) is 47.3. The van der Waals surface area contributed by atoms with Crippen LogP contribution in [0.5, 0.6) is 0 Å². The van der Waals surface area contributed by atoms with Crippen molar-refractivity contribution in [2.75, 3.05) is 26.9 Å². The van der Waals surface area contributed by atoms with Crippen molar-refractivity contribution in [3.63, 3.8) is 0 Å². The third-order valence-corrected chi connectivity index (χ3v) is 23.2. The molecule has 0 aliphatic carbocycles. The minimum atomic E-state index is -6.21. The molecule has 135 heavy (non-hydrogen) atoms. The van der Waals surface area contributed by atoms with Gasteiger partial charge < -0.3 is 96.1 Å². The van der Waals surface area contributed by atoms with E-state index in [9.17, 15) is 101 Å². The summed E-state index contributed by atoms with van der Waals surface area (Å²) in [5, 5.41) is 33.5. The summed E-state index contributed by atoms with van der Waals surface area (Å²) in [5.41, 5.74) is 23.8. The Labute approximate surface area is 771 Å². The van der Waals surface area contributed by atoms with Crippen molar-refractivity contribution in [2.45, 2.75) is 200 Å². The van der Waals surface area contributed by atoms with E-state index in [1.807, 2.05) is 0 Å². The monoisotopic (exact) mass is 1990 g/mol. The van der Waals surface area contributed by atoms with Crippen LogP contribution < -0.4 is 5.32 Å². The second-order valence-corrected chi connectivity index (χ2v) is 35.5. The quantitative estimate of drug-likeness (QED) is 0.00942. The Morgan fingerprint density at radius 1 is 0.333 bits per heavy atom. The van der Waals surface area contributed by atoms with Crippen molar-refractivity contribution in [2.24, 2.45) is 10.2 Å². The standard InChI is InChI=1S/C81H91N7O42S5/c1-109-76-57(84-81(93)116-43-53-35-21-8-22-36-53)63(111-38-48-25-11-3-12-26-48)61(55(120-76)45-118-132(97,98)99)123-80-73(130-135(106,107)108)67(114-41-51-31-17-6-18-32-51)69(71(128-80)75(91)92)126-78-59(86-88-83)65(129-134(103,104)105)62(56(122-78)46-119-133(100,101)102)124-79-72(115-42-52-33-19-7-20-34-52)66(113-40-50-29-15-5-16-30-50)68(70(127-79)74(89)90)125-77-58(85-87-82)64(112-39-49-27-13-4-14-28-49)60(54(121-77)44-117-131(94,95)96)110-37-47-23-9-2-10-24-47/h2-36,54-73,76-80H,37-46H2,1H3,(H,84,93)(H,89,90)(H,91,92)(H,94,95,96)(H,97,98,99)(H,100,101,102)(H,103,104,105)(H,106,107,108)/t54-,55-,56-,57-,58-,59-,60-,61-,62-,63-,64-,65-,66+,67+,68+,69+,70+,71-,72-,73-,76+,77-,78-,79-,80-/m1/s1. The largest absolute Gasteiger partial charge is 0.479 e. The lowest BCUT2D eigenvalue weighted by Gasteiger charge is -2.51. The zero-order valence-corrected chi connectivity index (χ0v) is 74.4. The molecule has 7 aromatic rings. The molecule has 0 bridgehead atoms. The van der Waals surface area contributed by atoms with Crippen LogP contribution in [0.4, 0.5) is 4.79 Å². The van der Waals surface area contributed by atoms with Crippen molar-refractivity contribution in [3.8, 4) is 0 Å². The van der Waals surface area contributed by atoms with Crippen LogP contribution in [0.25, 0.3) is 20.9 Å². The summed E-state index contributed by atoms with van der Waals surface area (Å²) in [6.45, 7) is -7.70. The second-order valence-electron chi connectivity index (χ2n) is 30.1. The minimum Gasteiger partial charge on any atom is -0.479 e. The maximum absolute atomic E-state index is 14.5. The van der Waals surface area contributed by atoms with E-state index in [1.165, 1.54) is 54.6 Å². The third-order valence-electron chi connectivity index (χ3n) is 20.9. The fourth-order valence-corrected chi connectivity index (χ4v) is 17.0. The van der Waals surface area contributed by atoms with Gasteiger partial charge in [-0.3, -0.25) is 22.8 Å². The number of benzene rings is 7. The highest BCUT2D eigenvalue weighted by Gasteiger charge is 2.63. The number of alkyl carbamates (subject to hydrolysis) is 1. The zero-order chi connectivity index (χ0) is 96.6. The van der Waals surface area contributed by atoms with Crippen molar-refractivity contribution >= 4 is 70.0 Å². The van der Waals surface area contributed by atoms with E-state index in [1.54, 1.807) is 158 Å². The van der Waals surface area contributed by atoms with Gasteiger partial charge in [0.1, 0.15) is 110 Å². The van der Waals surface area contributed by atoms with E-state index in [4.69, 9.17) is 101 Å². The van der Waals surface area contributed by atoms with Gasteiger partial charge in [0, 0.05) is 16.9 Å². The Balaban J connectivity index is 0.963. The molecule has 25 atom stereocenters. The van der Waals surface area contributed by atoms with Crippen LogP contribution in [0.3, 0.4) is 0 Å². The van der Waals surface area contributed by atoms with Gasteiger partial charge in [-0.2, -0.15) is 42.1 Å². The highest BCUT2D eigenvalue weighted by molar-refractivity contribution is 7.81. The molecule has 7 aromatic carbocycles. The highest BCUT2D eigenvalue weighted by atomic mass is 32.3. The van der Waals surface area contributed by atoms with Gasteiger partial charge in [-0.1, -0.05) is 223 Å². The van der Waals surface area contributed by atoms with E-state index < -0.39 is 270 Å². The number of carboxylic acid groups (broad SMARTS) is 2. The molecule has 8 N–H and O–H groups in total. The lowest BCUT2D eigenvalue weighted by molar-refractivity contribution is -0.380. The molecule has 49 nitrogen and oxygen atoms in total. The molecule has 5 heterocycles. The van der Waals surface area contributed by atoms with Gasteiger partial charge in [-0.25, -0.2) is 35.3 Å². The number of nitrogens with zero attached hydrogens (tertiary/aromatic N) is 6. The predicted molar refractivity (Wildman–Crippen MR) is 450 cm³/mol. The molecule has 0 radical (unpaired) electrons. The summed E-state index contributed by atoms with van der Waals surface area (Å²) in [7, 11) is -28.0. The lowest BCUT2D eigenvalue weighted by Crippen LogP contribution is -2.70. The summed E-state index contributed by atoms with van der Waals surface area (Å²) in [5.74, 6) is -4.24. The Kier molecular flexibility index (Phi) is 37.3. The molecule has 5 fully saturated rings. The van der Waals surface area contributed by atoms with Crippen molar-refractivity contribution in [1.82, 2.24) is 5.32 Å². The molecule has 732 valence electrons. The molecule has 0 unspecified atom stereocenters. The average molecular weight is 1990 g/mol. The van der Waals surface area contributed by atoms with Gasteiger partial charge >= 0.3 is 70.0 Å². The summed E-state index contributed by atoms with van der Waals surface area (Å²) in [4.78, 5) is 48.7. The van der Waals surface area contributed by atoms with Crippen LogP contribution in [-0.4, -0.2) is 273 Å². The van der Waals surface area contributed by atoms with Crippen LogP contribution in [0.15, 0.2) is 223 Å². The minimum absolute atomic E-state index is 0.138. The van der Waals surface area contributed by atoms with Crippen LogP contribution in [-0.2, 0) is 209 Å². The van der Waals surface area contributed by atoms with Gasteiger partial charge in [-0.15, -0.1) is 0 Å². The molecule has 5 saturated heterocycles. The number of nitrogens with one attached hydrogen (secondary N) is 1. The van der Waals surface area contributed by atoms with Crippen LogP contribution in [0, 0.1) is 0 Å². The molecule has 12 rings (SSSR count). The Bertz CT molecular complexity index is 5700. The topological polar surface area (TPSA) is 676 Å². The fraction of sp³-hybridized carbons (Fsp3) is 0.444. The van der Waals surface area contributed by atoms with Gasteiger partial charge in [0.05, 0.1) is 59.5 Å². The van der Waals surface area contributed by atoms with E-state index in [2.05, 4.69) is 25.4 Å². The zero-order valence-electron chi connectivity index (χ0n) is 70.4. The Morgan fingerprint density at radius 3 is 0.956 bits per heavy atom. The van der Waals surface area contributed by atoms with Gasteiger partial charge in [0.25, 0.3) is 0 Å². The number of methoxy groups -OCH3 is 1. The van der Waals surface area contributed by atoms with E-state index in [-0.39, 0.29) is 25.4 Å². The van der Waals surface area contributed by atoms with Crippen LogP contribution in [0.2, 0.25) is 0 Å². The number of carbonyl (C=O) groups excluding carboxylic acids is 1. The molecule has 0 spiro atoms. The molecular weight excluding hydrogens is 1900 g/mol. The van der Waals surface area contributed by atoms with Crippen LogP contribution >= 0.6 is 0 Å². The Morgan fingerprint density at radius 2 is 0.615 bits per heavy atom. The molecule has 1 amide bonds. The van der Waals surface area contributed by atoms with E-state index in [0.717, 1.165) is 7.11 Å². The molecule has 0 saturated carbocycles. The number of carboxylic acids is 2. The predicted octanol–water partition coefficient (Wildman–Crippen LogP) is 5.97. The molecule has 0 aromatic heterocycles. The van der Waals surface area contributed by atoms with Crippen molar-refractivity contribution in [1.29, 1.82) is 0 Å². The van der Waals surface area contributed by atoms with Crippen molar-refractivity contribution < 1.29 is 191 Å².